The van der Waals surface area contributed by atoms with Gasteiger partial charge in [0.15, 0.2) is 0 Å². The Balaban J connectivity index is 2.51. The number of amides is 1. The maximum absolute atomic E-state index is 11.4. The SMILES string of the molecule is CC(C)(C)OC(=O)NCc1cccc(C#N)n1. The lowest BCUT2D eigenvalue weighted by molar-refractivity contribution is 0.0523. The number of hydrogen-bond donors (Lipinski definition) is 1. The zero-order valence-corrected chi connectivity index (χ0v) is 10.2. The van der Waals surface area contributed by atoms with E-state index in [1.165, 1.54) is 0 Å². The van der Waals surface area contributed by atoms with Crippen molar-refractivity contribution in [2.75, 3.05) is 0 Å². The molecule has 0 aliphatic carbocycles. The van der Waals surface area contributed by atoms with Gasteiger partial charge in [0.05, 0.1) is 12.2 Å². The van der Waals surface area contributed by atoms with Gasteiger partial charge in [-0.25, -0.2) is 9.78 Å². The summed E-state index contributed by atoms with van der Waals surface area (Å²) in [6.07, 6.45) is -0.498. The van der Waals surface area contributed by atoms with Crippen LogP contribution >= 0.6 is 0 Å². The smallest absolute Gasteiger partial charge is 0.407 e. The molecule has 0 fully saturated rings. The zero-order chi connectivity index (χ0) is 12.9. The second kappa shape index (κ2) is 5.30. The van der Waals surface area contributed by atoms with E-state index in [-0.39, 0.29) is 6.54 Å². The molecule has 0 saturated heterocycles. The monoisotopic (exact) mass is 233 g/mol. The van der Waals surface area contributed by atoms with Gasteiger partial charge in [0, 0.05) is 0 Å². The molecule has 0 aromatic carbocycles. The van der Waals surface area contributed by atoms with Crippen LogP contribution in [0.2, 0.25) is 0 Å². The van der Waals surface area contributed by atoms with Crippen molar-refractivity contribution in [1.82, 2.24) is 10.3 Å². The lowest BCUT2D eigenvalue weighted by Gasteiger charge is -2.19. The minimum absolute atomic E-state index is 0.241. The first kappa shape index (κ1) is 13.0. The highest BCUT2D eigenvalue weighted by molar-refractivity contribution is 5.67. The molecule has 0 bridgehead atoms. The first-order valence-electron chi connectivity index (χ1n) is 5.23. The summed E-state index contributed by atoms with van der Waals surface area (Å²) in [5.74, 6) is 0. The van der Waals surface area contributed by atoms with Gasteiger partial charge in [0.1, 0.15) is 17.4 Å². The number of carbonyl (C=O) groups is 1. The number of carbonyl (C=O) groups excluding carboxylic acids is 1. The Hall–Kier alpha value is -2.09. The summed E-state index contributed by atoms with van der Waals surface area (Å²) in [6, 6.07) is 7.00. The van der Waals surface area contributed by atoms with E-state index in [4.69, 9.17) is 10.00 Å². The standard InChI is InChI=1S/C12H15N3O2/c1-12(2,3)17-11(16)14-8-10-6-4-5-9(7-13)15-10/h4-6H,8H2,1-3H3,(H,14,16). The lowest BCUT2D eigenvalue weighted by atomic mass is 10.2. The largest absolute Gasteiger partial charge is 0.444 e. The molecule has 0 spiro atoms. The first-order chi connectivity index (χ1) is 7.90. The second-order valence-corrected chi connectivity index (χ2v) is 4.48. The minimum Gasteiger partial charge on any atom is -0.444 e. The second-order valence-electron chi connectivity index (χ2n) is 4.48. The van der Waals surface area contributed by atoms with Gasteiger partial charge in [-0.2, -0.15) is 5.26 Å². The van der Waals surface area contributed by atoms with E-state index in [1.807, 2.05) is 6.07 Å². The van der Waals surface area contributed by atoms with Crippen molar-refractivity contribution in [2.45, 2.75) is 32.9 Å². The van der Waals surface area contributed by atoms with Crippen LogP contribution in [0.4, 0.5) is 4.79 Å². The molecule has 0 aliphatic heterocycles. The van der Waals surface area contributed by atoms with Crippen molar-refractivity contribution in [1.29, 1.82) is 5.26 Å². The Bertz CT molecular complexity index is 444. The van der Waals surface area contributed by atoms with Gasteiger partial charge in [-0.1, -0.05) is 6.07 Å². The number of rotatable bonds is 2. The van der Waals surface area contributed by atoms with Crippen LogP contribution < -0.4 is 5.32 Å². The molecule has 1 aromatic heterocycles. The summed E-state index contributed by atoms with van der Waals surface area (Å²) < 4.78 is 5.07. The van der Waals surface area contributed by atoms with E-state index in [0.29, 0.717) is 11.4 Å². The summed E-state index contributed by atoms with van der Waals surface area (Å²) in [5.41, 5.74) is 0.426. The fraction of sp³-hybridized carbons (Fsp3) is 0.417. The summed E-state index contributed by atoms with van der Waals surface area (Å²) in [4.78, 5) is 15.4. The highest BCUT2D eigenvalue weighted by Crippen LogP contribution is 2.06. The molecule has 0 aliphatic rings. The molecule has 1 heterocycles. The molecule has 5 nitrogen and oxygen atoms in total. The third-order valence-corrected chi connectivity index (χ3v) is 1.73. The molecule has 1 rings (SSSR count). The molecule has 0 radical (unpaired) electrons. The first-order valence-corrected chi connectivity index (χ1v) is 5.23. The zero-order valence-electron chi connectivity index (χ0n) is 10.2. The Kier molecular flexibility index (Phi) is 4.05. The van der Waals surface area contributed by atoms with Gasteiger partial charge < -0.3 is 10.1 Å². The number of nitriles is 1. The molecule has 90 valence electrons. The normalized spacial score (nSPS) is 10.5. The minimum atomic E-state index is -0.522. The molecular weight excluding hydrogens is 218 g/mol. The van der Waals surface area contributed by atoms with Gasteiger partial charge in [0.2, 0.25) is 0 Å². The molecular formula is C12H15N3O2. The number of aromatic nitrogens is 1. The number of nitrogens with zero attached hydrogens (tertiary/aromatic N) is 2. The molecule has 5 heteroatoms. The van der Waals surface area contributed by atoms with Crippen LogP contribution in [0.5, 0.6) is 0 Å². The van der Waals surface area contributed by atoms with Gasteiger partial charge in [0.25, 0.3) is 0 Å². The molecule has 0 atom stereocenters. The van der Waals surface area contributed by atoms with E-state index < -0.39 is 11.7 Å². The Morgan fingerprint density at radius 3 is 2.82 bits per heavy atom. The molecule has 1 amide bonds. The van der Waals surface area contributed by atoms with Crippen molar-refractivity contribution in [3.8, 4) is 6.07 Å². The lowest BCUT2D eigenvalue weighted by Crippen LogP contribution is -2.32. The molecule has 1 N–H and O–H groups in total. The Morgan fingerprint density at radius 2 is 2.24 bits per heavy atom. The number of alkyl carbamates (subject to hydrolysis) is 1. The van der Waals surface area contributed by atoms with Crippen LogP contribution in [0.25, 0.3) is 0 Å². The average Bonchev–Trinajstić information content (AvgIpc) is 2.24. The van der Waals surface area contributed by atoms with E-state index >= 15 is 0 Å². The van der Waals surface area contributed by atoms with Crippen LogP contribution in [0, 0.1) is 11.3 Å². The molecule has 0 unspecified atom stereocenters. The topological polar surface area (TPSA) is 75.0 Å². The van der Waals surface area contributed by atoms with Crippen LogP contribution in [0.1, 0.15) is 32.2 Å². The number of nitrogens with one attached hydrogen (secondary N) is 1. The number of hydrogen-bond acceptors (Lipinski definition) is 4. The maximum Gasteiger partial charge on any atom is 0.407 e. The highest BCUT2D eigenvalue weighted by atomic mass is 16.6. The van der Waals surface area contributed by atoms with Crippen molar-refractivity contribution < 1.29 is 9.53 Å². The fourth-order valence-corrected chi connectivity index (χ4v) is 1.12. The quantitative estimate of drug-likeness (QED) is 0.847. The fourth-order valence-electron chi connectivity index (χ4n) is 1.12. The molecule has 0 saturated carbocycles. The third-order valence-electron chi connectivity index (χ3n) is 1.73. The summed E-state index contributed by atoms with van der Waals surface area (Å²) in [7, 11) is 0. The van der Waals surface area contributed by atoms with Gasteiger partial charge in [-0.15, -0.1) is 0 Å². The summed E-state index contributed by atoms with van der Waals surface area (Å²) in [6.45, 7) is 5.62. The summed E-state index contributed by atoms with van der Waals surface area (Å²) >= 11 is 0. The summed E-state index contributed by atoms with van der Waals surface area (Å²) in [5, 5.41) is 11.2. The van der Waals surface area contributed by atoms with Crippen LogP contribution in [-0.4, -0.2) is 16.7 Å². The van der Waals surface area contributed by atoms with Crippen molar-refractivity contribution >= 4 is 6.09 Å². The number of pyridine rings is 1. The van der Waals surface area contributed by atoms with Gasteiger partial charge in [-0.05, 0) is 32.9 Å². The van der Waals surface area contributed by atoms with Gasteiger partial charge >= 0.3 is 6.09 Å². The predicted octanol–water partition coefficient (Wildman–Crippen LogP) is 1.98. The van der Waals surface area contributed by atoms with Crippen molar-refractivity contribution in [3.63, 3.8) is 0 Å². The maximum atomic E-state index is 11.4. The predicted molar refractivity (Wildman–Crippen MR) is 62.0 cm³/mol. The highest BCUT2D eigenvalue weighted by Gasteiger charge is 2.15. The molecule has 17 heavy (non-hydrogen) atoms. The van der Waals surface area contributed by atoms with Crippen LogP contribution in [0.15, 0.2) is 18.2 Å². The Morgan fingerprint density at radius 1 is 1.53 bits per heavy atom. The third kappa shape index (κ3) is 4.98. The van der Waals surface area contributed by atoms with E-state index in [1.54, 1.807) is 39.0 Å². The van der Waals surface area contributed by atoms with E-state index in [0.717, 1.165) is 0 Å². The number of ether oxygens (including phenoxy) is 1. The van der Waals surface area contributed by atoms with Gasteiger partial charge in [-0.3, -0.25) is 0 Å². The van der Waals surface area contributed by atoms with E-state index in [2.05, 4.69) is 10.3 Å². The Labute approximate surface area is 100 Å². The average molecular weight is 233 g/mol. The van der Waals surface area contributed by atoms with Crippen LogP contribution in [0.3, 0.4) is 0 Å². The van der Waals surface area contributed by atoms with Crippen molar-refractivity contribution in [3.05, 3.63) is 29.6 Å². The molecule has 1 aromatic rings. The van der Waals surface area contributed by atoms with E-state index in [9.17, 15) is 4.79 Å². The van der Waals surface area contributed by atoms with Crippen molar-refractivity contribution in [2.24, 2.45) is 0 Å². The van der Waals surface area contributed by atoms with Crippen LogP contribution in [-0.2, 0) is 11.3 Å².